The number of fused-ring (bicyclic) bond motifs is 1. The number of hydrogen-bond acceptors (Lipinski definition) is 6. The van der Waals surface area contributed by atoms with Crippen LogP contribution in [0.3, 0.4) is 0 Å². The van der Waals surface area contributed by atoms with E-state index in [1.807, 2.05) is 127 Å². The lowest BCUT2D eigenvalue weighted by Gasteiger charge is -2.17. The Morgan fingerprint density at radius 3 is 2.42 bits per heavy atom. The van der Waals surface area contributed by atoms with Gasteiger partial charge in [0.1, 0.15) is 11.0 Å². The summed E-state index contributed by atoms with van der Waals surface area (Å²) in [7, 11) is 1.63. The lowest BCUT2D eigenvalue weighted by Crippen LogP contribution is -2.19. The van der Waals surface area contributed by atoms with Gasteiger partial charge in [0.25, 0.3) is 5.91 Å². The van der Waals surface area contributed by atoms with Crippen molar-refractivity contribution in [2.75, 3.05) is 17.7 Å². The van der Waals surface area contributed by atoms with E-state index in [-0.39, 0.29) is 11.8 Å². The Bertz CT molecular complexity index is 1910. The number of nitrogens with zero attached hydrogens (tertiary/aromatic N) is 1. The van der Waals surface area contributed by atoms with Gasteiger partial charge in [-0.05, 0) is 58.8 Å². The molecular weight excluding hydrogens is 575 g/mol. The number of anilines is 2. The number of nitrogens with one attached hydrogen (secondary N) is 2. The Balaban J connectivity index is 1.19. The van der Waals surface area contributed by atoms with E-state index in [0.29, 0.717) is 16.4 Å². The van der Waals surface area contributed by atoms with Gasteiger partial charge in [0, 0.05) is 27.1 Å². The maximum Gasteiger partial charge on any atom is 0.255 e. The number of thiazole rings is 1. The molecule has 0 saturated carbocycles. The highest BCUT2D eigenvalue weighted by atomic mass is 32.2. The topological polar surface area (TPSA) is 80.3 Å². The quantitative estimate of drug-likeness (QED) is 0.162. The maximum atomic E-state index is 13.7. The SMILES string of the molecule is COc1cccc(-c2csc(NC(=O)C(Sc3cccc(NC(=O)c4ccc5ccccc5c4)c3)c3ccccc3)n2)c1. The van der Waals surface area contributed by atoms with Gasteiger partial charge in [-0.15, -0.1) is 23.1 Å². The number of hydrogen-bond donors (Lipinski definition) is 2. The standard InChI is InChI=1S/C35H27N3O3S2/c1-41-29-15-7-13-26(20-29)31-22-42-35(37-31)38-34(40)32(24-10-3-2-4-11-24)43-30-16-8-14-28(21-30)36-33(39)27-18-17-23-9-5-6-12-25(23)19-27/h2-22,32H,1H3,(H,36,39)(H,37,38,40). The van der Waals surface area contributed by atoms with Crippen molar-refractivity contribution in [3.8, 4) is 17.0 Å². The minimum Gasteiger partial charge on any atom is -0.497 e. The number of methoxy groups -OCH3 is 1. The molecule has 0 bridgehead atoms. The number of thioether (sulfide) groups is 1. The van der Waals surface area contributed by atoms with Gasteiger partial charge in [0.15, 0.2) is 5.13 Å². The molecule has 6 rings (SSSR count). The third-order valence-electron chi connectivity index (χ3n) is 6.80. The van der Waals surface area contributed by atoms with E-state index in [0.717, 1.165) is 38.2 Å². The van der Waals surface area contributed by atoms with Gasteiger partial charge in [0.05, 0.1) is 12.8 Å². The second-order valence-electron chi connectivity index (χ2n) is 9.71. The molecule has 212 valence electrons. The van der Waals surface area contributed by atoms with Crippen LogP contribution >= 0.6 is 23.1 Å². The Morgan fingerprint density at radius 1 is 0.791 bits per heavy atom. The van der Waals surface area contributed by atoms with Crippen LogP contribution in [-0.2, 0) is 4.79 Å². The second-order valence-corrected chi connectivity index (χ2v) is 11.7. The molecule has 1 aromatic heterocycles. The second kappa shape index (κ2) is 12.9. The number of aromatic nitrogens is 1. The summed E-state index contributed by atoms with van der Waals surface area (Å²) in [5, 5.41) is 9.98. The molecule has 0 aliphatic rings. The van der Waals surface area contributed by atoms with Crippen LogP contribution in [0.2, 0.25) is 0 Å². The van der Waals surface area contributed by atoms with E-state index in [4.69, 9.17) is 4.74 Å². The summed E-state index contributed by atoms with van der Waals surface area (Å²) >= 11 is 2.79. The minimum atomic E-state index is -0.545. The normalized spacial score (nSPS) is 11.6. The Morgan fingerprint density at radius 2 is 1.58 bits per heavy atom. The molecule has 0 aliphatic carbocycles. The number of benzene rings is 5. The lowest BCUT2D eigenvalue weighted by atomic mass is 10.1. The van der Waals surface area contributed by atoms with Gasteiger partial charge in [0.2, 0.25) is 5.91 Å². The first kappa shape index (κ1) is 28.2. The molecule has 0 saturated heterocycles. The van der Waals surface area contributed by atoms with Crippen molar-refractivity contribution in [3.63, 3.8) is 0 Å². The molecule has 1 unspecified atom stereocenters. The van der Waals surface area contributed by atoms with Crippen LogP contribution in [0.4, 0.5) is 10.8 Å². The predicted molar refractivity (Wildman–Crippen MR) is 176 cm³/mol. The maximum absolute atomic E-state index is 13.7. The molecule has 6 nitrogen and oxygen atoms in total. The summed E-state index contributed by atoms with van der Waals surface area (Å²) in [6.45, 7) is 0. The molecule has 2 N–H and O–H groups in total. The van der Waals surface area contributed by atoms with E-state index >= 15 is 0 Å². The molecule has 5 aromatic carbocycles. The zero-order valence-electron chi connectivity index (χ0n) is 23.2. The van der Waals surface area contributed by atoms with E-state index in [9.17, 15) is 9.59 Å². The monoisotopic (exact) mass is 601 g/mol. The average molecular weight is 602 g/mol. The van der Waals surface area contributed by atoms with Gasteiger partial charge in [-0.3, -0.25) is 9.59 Å². The number of rotatable bonds is 9. The first-order chi connectivity index (χ1) is 21.1. The molecule has 6 aromatic rings. The highest BCUT2D eigenvalue weighted by Gasteiger charge is 2.23. The van der Waals surface area contributed by atoms with Crippen molar-refractivity contribution in [2.24, 2.45) is 0 Å². The molecule has 0 fully saturated rings. The van der Waals surface area contributed by atoms with Crippen molar-refractivity contribution < 1.29 is 14.3 Å². The molecular formula is C35H27N3O3S2. The predicted octanol–water partition coefficient (Wildman–Crippen LogP) is 8.70. The highest BCUT2D eigenvalue weighted by molar-refractivity contribution is 8.00. The van der Waals surface area contributed by atoms with Crippen molar-refractivity contribution in [2.45, 2.75) is 10.1 Å². The van der Waals surface area contributed by atoms with Gasteiger partial charge in [-0.25, -0.2) is 4.98 Å². The van der Waals surface area contributed by atoms with Crippen LogP contribution in [0.5, 0.6) is 5.75 Å². The first-order valence-corrected chi connectivity index (χ1v) is 15.3. The van der Waals surface area contributed by atoms with Crippen LogP contribution in [0.15, 0.2) is 132 Å². The van der Waals surface area contributed by atoms with Gasteiger partial charge >= 0.3 is 0 Å². The Labute approximate surface area is 257 Å². The van der Waals surface area contributed by atoms with E-state index in [2.05, 4.69) is 15.6 Å². The van der Waals surface area contributed by atoms with E-state index < -0.39 is 5.25 Å². The summed E-state index contributed by atoms with van der Waals surface area (Å²) in [6.07, 6.45) is 0. The van der Waals surface area contributed by atoms with Crippen molar-refractivity contribution >= 4 is 56.5 Å². The Hall–Kier alpha value is -4.92. The molecule has 2 amide bonds. The van der Waals surface area contributed by atoms with Crippen LogP contribution in [0, 0.1) is 0 Å². The van der Waals surface area contributed by atoms with Crippen LogP contribution in [0.1, 0.15) is 21.2 Å². The molecule has 0 radical (unpaired) electrons. The molecule has 0 spiro atoms. The smallest absolute Gasteiger partial charge is 0.255 e. The fourth-order valence-electron chi connectivity index (χ4n) is 4.63. The summed E-state index contributed by atoms with van der Waals surface area (Å²) < 4.78 is 5.33. The van der Waals surface area contributed by atoms with E-state index in [1.54, 1.807) is 7.11 Å². The summed E-state index contributed by atoms with van der Waals surface area (Å²) in [4.78, 5) is 32.2. The molecule has 1 heterocycles. The van der Waals surface area contributed by atoms with Gasteiger partial charge in [-0.2, -0.15) is 0 Å². The van der Waals surface area contributed by atoms with Gasteiger partial charge < -0.3 is 15.4 Å². The van der Waals surface area contributed by atoms with Crippen molar-refractivity contribution in [1.29, 1.82) is 0 Å². The third-order valence-corrected chi connectivity index (χ3v) is 8.80. The average Bonchev–Trinajstić information content (AvgIpc) is 3.52. The number of ether oxygens (including phenoxy) is 1. The number of carbonyl (C=O) groups excluding carboxylic acids is 2. The molecule has 1 atom stereocenters. The molecule has 0 aliphatic heterocycles. The summed E-state index contributed by atoms with van der Waals surface area (Å²) in [5.74, 6) is 0.363. The van der Waals surface area contributed by atoms with Crippen LogP contribution in [0.25, 0.3) is 22.0 Å². The summed E-state index contributed by atoms with van der Waals surface area (Å²) in [5.41, 5.74) is 3.76. The van der Waals surface area contributed by atoms with Crippen LogP contribution < -0.4 is 15.4 Å². The third kappa shape index (κ3) is 6.77. The van der Waals surface area contributed by atoms with E-state index in [1.165, 1.54) is 23.1 Å². The largest absolute Gasteiger partial charge is 0.497 e. The fraction of sp³-hybridized carbons (Fsp3) is 0.0571. The molecule has 8 heteroatoms. The zero-order valence-corrected chi connectivity index (χ0v) is 24.8. The highest BCUT2D eigenvalue weighted by Crippen LogP contribution is 2.38. The van der Waals surface area contributed by atoms with Crippen molar-refractivity contribution in [3.05, 3.63) is 138 Å². The van der Waals surface area contributed by atoms with Crippen LogP contribution in [-0.4, -0.2) is 23.9 Å². The lowest BCUT2D eigenvalue weighted by molar-refractivity contribution is -0.115. The molecule has 43 heavy (non-hydrogen) atoms. The number of amides is 2. The minimum absolute atomic E-state index is 0.187. The van der Waals surface area contributed by atoms with Gasteiger partial charge in [-0.1, -0.05) is 78.9 Å². The van der Waals surface area contributed by atoms with Crippen molar-refractivity contribution in [1.82, 2.24) is 4.98 Å². The fourth-order valence-corrected chi connectivity index (χ4v) is 6.44. The number of carbonyl (C=O) groups is 2. The zero-order chi connectivity index (χ0) is 29.6. The summed E-state index contributed by atoms with van der Waals surface area (Å²) in [6, 6.07) is 38.4. The first-order valence-electron chi connectivity index (χ1n) is 13.6. The Kier molecular flexibility index (Phi) is 8.49.